The molecule has 0 aromatic heterocycles. The second-order valence-electron chi connectivity index (χ2n) is 8.65. The van der Waals surface area contributed by atoms with Gasteiger partial charge in [-0.1, -0.05) is 55.3 Å². The molecule has 1 aromatic rings. The van der Waals surface area contributed by atoms with Crippen molar-refractivity contribution in [2.24, 2.45) is 11.7 Å². The first-order valence-corrected chi connectivity index (χ1v) is 11.0. The number of benzene rings is 1. The maximum absolute atomic E-state index is 11.8. The van der Waals surface area contributed by atoms with Gasteiger partial charge in [-0.15, -0.1) is 0 Å². The van der Waals surface area contributed by atoms with Gasteiger partial charge in [-0.2, -0.15) is 0 Å². The normalized spacial score (nSPS) is 22.7. The summed E-state index contributed by atoms with van der Waals surface area (Å²) in [4.78, 5) is 11.8. The molecule has 1 saturated carbocycles. The Morgan fingerprint density at radius 2 is 1.90 bits per heavy atom. The highest BCUT2D eigenvalue weighted by Gasteiger charge is 2.47. The van der Waals surface area contributed by atoms with E-state index in [0.29, 0.717) is 19.3 Å². The Hall–Kier alpha value is -1.93. The highest BCUT2D eigenvalue weighted by Crippen LogP contribution is 2.38. The van der Waals surface area contributed by atoms with Gasteiger partial charge in [-0.05, 0) is 61.0 Å². The quantitative estimate of drug-likeness (QED) is 0.282. The zero-order valence-electron chi connectivity index (χ0n) is 17.5. The summed E-state index contributed by atoms with van der Waals surface area (Å²) in [6.07, 6.45) is 12.1. The van der Waals surface area contributed by atoms with E-state index >= 15 is 0 Å². The summed E-state index contributed by atoms with van der Waals surface area (Å²) in [7, 11) is -1.34. The molecule has 1 fully saturated rings. The summed E-state index contributed by atoms with van der Waals surface area (Å²) < 4.78 is 0. The van der Waals surface area contributed by atoms with E-state index in [1.165, 1.54) is 16.7 Å². The van der Waals surface area contributed by atoms with Gasteiger partial charge in [-0.25, -0.2) is 0 Å². The molecule has 0 saturated heterocycles. The van der Waals surface area contributed by atoms with Gasteiger partial charge in [0.25, 0.3) is 0 Å². The summed E-state index contributed by atoms with van der Waals surface area (Å²) in [5.74, 6) is -1.02. The Balaban J connectivity index is 1.43. The predicted octanol–water partition coefficient (Wildman–Crippen LogP) is 2.71. The molecule has 3 rings (SSSR count). The van der Waals surface area contributed by atoms with Gasteiger partial charge in [0.15, 0.2) is 0 Å². The lowest BCUT2D eigenvalue weighted by Gasteiger charge is -2.45. The lowest BCUT2D eigenvalue weighted by molar-refractivity contribution is -0.148. The Morgan fingerprint density at radius 1 is 1.17 bits per heavy atom. The molecule has 0 aliphatic heterocycles. The SMILES string of the molecule is NC(CCCCB(O)O)(C(=O)O)C1CC(NCc2ccc(C3=CCCC=C3)cc2)C1. The van der Waals surface area contributed by atoms with Crippen molar-refractivity contribution in [1.82, 2.24) is 5.32 Å². The van der Waals surface area contributed by atoms with Crippen LogP contribution < -0.4 is 11.1 Å². The maximum atomic E-state index is 11.8. The highest BCUT2D eigenvalue weighted by molar-refractivity contribution is 6.40. The van der Waals surface area contributed by atoms with E-state index in [2.05, 4.69) is 47.8 Å². The fourth-order valence-corrected chi connectivity index (χ4v) is 4.34. The van der Waals surface area contributed by atoms with E-state index in [4.69, 9.17) is 15.8 Å². The fourth-order valence-electron chi connectivity index (χ4n) is 4.34. The van der Waals surface area contributed by atoms with Crippen molar-refractivity contribution < 1.29 is 19.9 Å². The molecule has 2 aliphatic rings. The van der Waals surface area contributed by atoms with E-state index in [9.17, 15) is 9.90 Å². The lowest BCUT2D eigenvalue weighted by Crippen LogP contribution is -2.61. The van der Waals surface area contributed by atoms with Crippen LogP contribution in [0.25, 0.3) is 5.57 Å². The van der Waals surface area contributed by atoms with Gasteiger partial charge in [-0.3, -0.25) is 4.79 Å². The molecule has 1 atom stereocenters. The monoisotopic (exact) mass is 412 g/mol. The molecule has 1 aromatic carbocycles. The number of unbranched alkanes of at least 4 members (excludes halogenated alkanes) is 1. The van der Waals surface area contributed by atoms with Gasteiger partial charge in [0.1, 0.15) is 5.54 Å². The van der Waals surface area contributed by atoms with Crippen LogP contribution in [-0.4, -0.2) is 39.8 Å². The molecule has 0 spiro atoms. The predicted molar refractivity (Wildman–Crippen MR) is 120 cm³/mol. The maximum Gasteiger partial charge on any atom is 0.451 e. The summed E-state index contributed by atoms with van der Waals surface area (Å²) in [5, 5.41) is 31.0. The summed E-state index contributed by atoms with van der Waals surface area (Å²) >= 11 is 0. The summed E-state index contributed by atoms with van der Waals surface area (Å²) in [6.45, 7) is 0.756. The number of carboxylic acids is 1. The lowest BCUT2D eigenvalue weighted by atomic mass is 9.66. The van der Waals surface area contributed by atoms with Crippen LogP contribution in [0.15, 0.2) is 42.5 Å². The minimum atomic E-state index is -1.34. The number of rotatable bonds is 11. The number of hydrogen-bond donors (Lipinski definition) is 5. The molecule has 1 unspecified atom stereocenters. The van der Waals surface area contributed by atoms with Crippen LogP contribution in [0.3, 0.4) is 0 Å². The standard InChI is InChI=1S/C23H33BN2O4/c25-23(22(27)28,12-4-5-13-24(29)30)20-14-21(15-20)26-16-17-8-10-19(11-9-17)18-6-2-1-3-7-18/h2,6-11,20-21,26,29-30H,1,3-5,12-16,25H2,(H,27,28). The Kier molecular flexibility index (Phi) is 7.89. The van der Waals surface area contributed by atoms with Crippen molar-refractivity contribution >= 4 is 18.7 Å². The zero-order chi connectivity index (χ0) is 21.6. The minimum absolute atomic E-state index is 0.0565. The van der Waals surface area contributed by atoms with Gasteiger partial charge < -0.3 is 26.2 Å². The molecule has 0 amide bonds. The topological polar surface area (TPSA) is 116 Å². The molecule has 0 heterocycles. The van der Waals surface area contributed by atoms with E-state index in [1.54, 1.807) is 0 Å². The van der Waals surface area contributed by atoms with Crippen LogP contribution in [-0.2, 0) is 11.3 Å². The van der Waals surface area contributed by atoms with Crippen molar-refractivity contribution in [3.05, 3.63) is 53.6 Å². The van der Waals surface area contributed by atoms with E-state index in [1.807, 2.05) is 0 Å². The average molecular weight is 412 g/mol. The molecule has 6 N–H and O–H groups in total. The van der Waals surface area contributed by atoms with E-state index in [-0.39, 0.29) is 18.3 Å². The minimum Gasteiger partial charge on any atom is -0.480 e. The third kappa shape index (κ3) is 5.82. The number of aliphatic carboxylic acids is 1. The molecule has 0 bridgehead atoms. The number of carbonyl (C=O) groups is 1. The molecule has 162 valence electrons. The van der Waals surface area contributed by atoms with Crippen molar-refractivity contribution in [1.29, 1.82) is 0 Å². The summed E-state index contributed by atoms with van der Waals surface area (Å²) in [6, 6.07) is 8.87. The second kappa shape index (κ2) is 10.4. The zero-order valence-corrected chi connectivity index (χ0v) is 17.5. The van der Waals surface area contributed by atoms with Gasteiger partial charge >= 0.3 is 13.1 Å². The van der Waals surface area contributed by atoms with Gasteiger partial charge in [0, 0.05) is 12.6 Å². The van der Waals surface area contributed by atoms with Crippen molar-refractivity contribution in [3.8, 4) is 0 Å². The van der Waals surface area contributed by atoms with Crippen LogP contribution in [0, 0.1) is 5.92 Å². The number of nitrogens with two attached hydrogens (primary N) is 1. The Bertz CT molecular complexity index is 772. The molecule has 2 aliphatic carbocycles. The first kappa shape index (κ1) is 22.8. The van der Waals surface area contributed by atoms with Crippen LogP contribution in [0.5, 0.6) is 0 Å². The number of carboxylic acid groups (broad SMARTS) is 1. The highest BCUT2D eigenvalue weighted by atomic mass is 16.4. The molecule has 7 heteroatoms. The van der Waals surface area contributed by atoms with Gasteiger partial charge in [0.05, 0.1) is 0 Å². The van der Waals surface area contributed by atoms with Gasteiger partial charge in [0.2, 0.25) is 0 Å². The average Bonchev–Trinajstić information content (AvgIpc) is 2.71. The van der Waals surface area contributed by atoms with E-state index < -0.39 is 18.6 Å². The number of allylic oxidation sites excluding steroid dienone is 4. The fraction of sp³-hybridized carbons (Fsp3) is 0.522. The van der Waals surface area contributed by atoms with Crippen LogP contribution in [0.1, 0.15) is 56.1 Å². The molecular weight excluding hydrogens is 379 g/mol. The Labute approximate surface area is 179 Å². The van der Waals surface area contributed by atoms with Crippen LogP contribution in [0.4, 0.5) is 0 Å². The van der Waals surface area contributed by atoms with Crippen LogP contribution in [0.2, 0.25) is 6.32 Å². The largest absolute Gasteiger partial charge is 0.480 e. The van der Waals surface area contributed by atoms with Crippen LogP contribution >= 0.6 is 0 Å². The molecule has 30 heavy (non-hydrogen) atoms. The van der Waals surface area contributed by atoms with Crippen molar-refractivity contribution in [2.75, 3.05) is 0 Å². The number of hydrogen-bond acceptors (Lipinski definition) is 5. The molecule has 0 radical (unpaired) electrons. The smallest absolute Gasteiger partial charge is 0.451 e. The third-order valence-corrected chi connectivity index (χ3v) is 6.44. The van der Waals surface area contributed by atoms with Crippen molar-refractivity contribution in [3.63, 3.8) is 0 Å². The number of nitrogens with one attached hydrogen (secondary N) is 1. The van der Waals surface area contributed by atoms with Crippen molar-refractivity contribution in [2.45, 2.75) is 69.4 Å². The first-order valence-electron chi connectivity index (χ1n) is 11.0. The summed E-state index contributed by atoms with van der Waals surface area (Å²) in [5.41, 5.74) is 8.75. The first-order chi connectivity index (χ1) is 14.4. The molecular formula is C23H33BN2O4. The Morgan fingerprint density at radius 3 is 2.50 bits per heavy atom. The molecule has 6 nitrogen and oxygen atoms in total. The third-order valence-electron chi connectivity index (χ3n) is 6.44. The van der Waals surface area contributed by atoms with E-state index in [0.717, 1.165) is 32.2 Å². The second-order valence-corrected chi connectivity index (χ2v) is 8.65.